The van der Waals surface area contributed by atoms with Gasteiger partial charge in [-0.3, -0.25) is 4.90 Å². The first-order valence-electron chi connectivity index (χ1n) is 7.89. The Bertz CT molecular complexity index is 442. The van der Waals surface area contributed by atoms with Crippen molar-refractivity contribution in [2.75, 3.05) is 13.1 Å². The van der Waals surface area contributed by atoms with E-state index in [9.17, 15) is 4.39 Å². The first kappa shape index (κ1) is 18.4. The van der Waals surface area contributed by atoms with Crippen molar-refractivity contribution in [1.29, 1.82) is 0 Å². The molecule has 2 N–H and O–H groups in total. The van der Waals surface area contributed by atoms with E-state index in [1.54, 1.807) is 6.07 Å². The normalized spacial score (nSPS) is 13.7. The minimum atomic E-state index is -0.261. The number of hydrogen-bond acceptors (Lipinski definition) is 2. The molecule has 0 radical (unpaired) electrons. The molecule has 0 fully saturated rings. The van der Waals surface area contributed by atoms with Gasteiger partial charge in [0.1, 0.15) is 5.82 Å². The van der Waals surface area contributed by atoms with Crippen LogP contribution in [0.1, 0.15) is 46.1 Å². The summed E-state index contributed by atoms with van der Waals surface area (Å²) in [7, 11) is 0. The number of hydrogen-bond donors (Lipinski definition) is 1. The second kappa shape index (κ2) is 8.11. The maximum atomic E-state index is 13.4. The molecule has 0 aromatic heterocycles. The third kappa shape index (κ3) is 3.97. The lowest BCUT2D eigenvalue weighted by atomic mass is 9.80. The highest BCUT2D eigenvalue weighted by atomic mass is 35.5. The maximum absolute atomic E-state index is 13.4. The van der Waals surface area contributed by atoms with Crippen molar-refractivity contribution in [3.63, 3.8) is 0 Å². The highest BCUT2D eigenvalue weighted by Gasteiger charge is 2.37. The molecule has 120 valence electrons. The highest BCUT2D eigenvalue weighted by molar-refractivity contribution is 6.31. The quantitative estimate of drug-likeness (QED) is 0.777. The van der Waals surface area contributed by atoms with Crippen LogP contribution in [0.5, 0.6) is 0 Å². The number of benzene rings is 1. The van der Waals surface area contributed by atoms with Crippen LogP contribution in [0.4, 0.5) is 4.39 Å². The lowest BCUT2D eigenvalue weighted by molar-refractivity contribution is 0.0628. The number of nitrogens with two attached hydrogens (primary N) is 1. The Morgan fingerprint density at radius 1 is 1.19 bits per heavy atom. The van der Waals surface area contributed by atoms with E-state index < -0.39 is 0 Å². The van der Waals surface area contributed by atoms with Gasteiger partial charge in [0.05, 0.1) is 0 Å². The van der Waals surface area contributed by atoms with Crippen LogP contribution in [0.3, 0.4) is 0 Å². The van der Waals surface area contributed by atoms with Crippen LogP contribution in [-0.4, -0.2) is 29.6 Å². The number of likely N-dealkylation sites (N-methyl/N-ethyl adjacent to an activating group) is 1. The van der Waals surface area contributed by atoms with Crippen molar-refractivity contribution in [1.82, 2.24) is 4.90 Å². The van der Waals surface area contributed by atoms with Crippen molar-refractivity contribution >= 4 is 11.6 Å². The minimum Gasteiger partial charge on any atom is -0.326 e. The van der Waals surface area contributed by atoms with Gasteiger partial charge in [0.25, 0.3) is 0 Å². The smallest absolute Gasteiger partial charge is 0.123 e. The van der Waals surface area contributed by atoms with Gasteiger partial charge in [-0.2, -0.15) is 0 Å². The molecule has 1 rings (SSSR count). The van der Waals surface area contributed by atoms with Crippen molar-refractivity contribution < 1.29 is 4.39 Å². The first-order valence-corrected chi connectivity index (χ1v) is 8.27. The summed E-state index contributed by atoms with van der Waals surface area (Å²) < 4.78 is 13.4. The summed E-state index contributed by atoms with van der Waals surface area (Å²) in [5, 5.41) is 0.590. The fraction of sp³-hybridized carbons (Fsp3) is 0.647. The molecule has 0 spiro atoms. The van der Waals surface area contributed by atoms with Gasteiger partial charge in [-0.15, -0.1) is 0 Å². The van der Waals surface area contributed by atoms with E-state index in [1.807, 2.05) is 0 Å². The third-order valence-electron chi connectivity index (χ3n) is 4.76. The Labute approximate surface area is 133 Å². The molecule has 4 heteroatoms. The topological polar surface area (TPSA) is 29.3 Å². The van der Waals surface area contributed by atoms with E-state index in [1.165, 1.54) is 12.1 Å². The lowest BCUT2D eigenvalue weighted by Gasteiger charge is -2.46. The summed E-state index contributed by atoms with van der Waals surface area (Å²) in [5.41, 5.74) is 7.28. The Kier molecular flexibility index (Phi) is 7.11. The largest absolute Gasteiger partial charge is 0.326 e. The molecule has 1 aromatic carbocycles. The van der Waals surface area contributed by atoms with Gasteiger partial charge in [0, 0.05) is 16.6 Å². The zero-order chi connectivity index (χ0) is 16.0. The third-order valence-corrected chi connectivity index (χ3v) is 5.12. The Balaban J connectivity index is 3.06. The minimum absolute atomic E-state index is 0.0703. The monoisotopic (exact) mass is 314 g/mol. The van der Waals surface area contributed by atoms with Crippen LogP contribution in [0.25, 0.3) is 0 Å². The molecular formula is C17H28ClFN2. The Hall–Kier alpha value is -0.640. The van der Waals surface area contributed by atoms with Crippen LogP contribution >= 0.6 is 11.6 Å². The highest BCUT2D eigenvalue weighted by Crippen LogP contribution is 2.30. The fourth-order valence-electron chi connectivity index (χ4n) is 3.44. The molecule has 1 atom stereocenters. The summed E-state index contributed by atoms with van der Waals surface area (Å²) in [6, 6.07) is 4.41. The van der Waals surface area contributed by atoms with Crippen molar-refractivity contribution in [2.45, 2.75) is 58.5 Å². The number of nitrogens with zero attached hydrogens (tertiary/aromatic N) is 1. The molecule has 1 unspecified atom stereocenters. The van der Waals surface area contributed by atoms with E-state index in [-0.39, 0.29) is 17.4 Å². The van der Waals surface area contributed by atoms with E-state index in [0.29, 0.717) is 11.4 Å². The lowest BCUT2D eigenvalue weighted by Crippen LogP contribution is -2.60. The molecule has 0 aliphatic carbocycles. The van der Waals surface area contributed by atoms with Crippen LogP contribution in [-0.2, 0) is 6.42 Å². The van der Waals surface area contributed by atoms with Crippen LogP contribution in [0.2, 0.25) is 5.02 Å². The van der Waals surface area contributed by atoms with Crippen LogP contribution < -0.4 is 5.73 Å². The van der Waals surface area contributed by atoms with Gasteiger partial charge in [0.15, 0.2) is 0 Å². The first-order chi connectivity index (χ1) is 9.94. The summed E-state index contributed by atoms with van der Waals surface area (Å²) in [6.07, 6.45) is 2.54. The average Bonchev–Trinajstić information content (AvgIpc) is 2.48. The predicted octanol–water partition coefficient (Wildman–Crippen LogP) is 4.25. The molecule has 0 saturated carbocycles. The van der Waals surface area contributed by atoms with Gasteiger partial charge in [0.2, 0.25) is 0 Å². The van der Waals surface area contributed by atoms with E-state index in [4.69, 9.17) is 17.3 Å². The van der Waals surface area contributed by atoms with Gasteiger partial charge in [-0.05, 0) is 56.1 Å². The Morgan fingerprint density at radius 2 is 1.76 bits per heavy atom. The van der Waals surface area contributed by atoms with Crippen LogP contribution in [0, 0.1) is 5.82 Å². The standard InChI is InChI=1S/C17H28ClFN2/c1-5-17(6-2,21(7-3)8-4)16(20)12-13-11-14(19)9-10-15(13)18/h9-11,16H,5-8,12,20H2,1-4H3. The molecule has 0 heterocycles. The molecule has 21 heavy (non-hydrogen) atoms. The van der Waals surface area contributed by atoms with E-state index in [0.717, 1.165) is 31.5 Å². The molecule has 0 aliphatic rings. The SMILES string of the molecule is CCN(CC)C(CC)(CC)C(N)Cc1cc(F)ccc1Cl. The predicted molar refractivity (Wildman–Crippen MR) is 89.3 cm³/mol. The molecule has 0 saturated heterocycles. The van der Waals surface area contributed by atoms with Crippen molar-refractivity contribution in [3.05, 3.63) is 34.6 Å². The summed E-state index contributed by atoms with van der Waals surface area (Å²) in [5.74, 6) is -0.261. The second-order valence-electron chi connectivity index (χ2n) is 5.53. The maximum Gasteiger partial charge on any atom is 0.123 e. The van der Waals surface area contributed by atoms with E-state index >= 15 is 0 Å². The summed E-state index contributed by atoms with van der Waals surface area (Å²) in [4.78, 5) is 2.42. The number of halogens is 2. The zero-order valence-corrected chi connectivity index (χ0v) is 14.4. The molecule has 0 amide bonds. The van der Waals surface area contributed by atoms with E-state index in [2.05, 4.69) is 32.6 Å². The summed E-state index contributed by atoms with van der Waals surface area (Å²) >= 11 is 6.19. The van der Waals surface area contributed by atoms with Gasteiger partial charge < -0.3 is 5.73 Å². The van der Waals surface area contributed by atoms with Gasteiger partial charge >= 0.3 is 0 Å². The average molecular weight is 315 g/mol. The number of rotatable bonds is 8. The second-order valence-corrected chi connectivity index (χ2v) is 5.94. The Morgan fingerprint density at radius 3 is 2.24 bits per heavy atom. The zero-order valence-electron chi connectivity index (χ0n) is 13.6. The van der Waals surface area contributed by atoms with Crippen LogP contribution in [0.15, 0.2) is 18.2 Å². The van der Waals surface area contributed by atoms with Crippen molar-refractivity contribution in [3.8, 4) is 0 Å². The molecule has 1 aromatic rings. The molecule has 0 aliphatic heterocycles. The molecular weight excluding hydrogens is 287 g/mol. The summed E-state index contributed by atoms with van der Waals surface area (Å²) in [6.45, 7) is 10.6. The fourth-order valence-corrected chi connectivity index (χ4v) is 3.63. The molecule has 0 bridgehead atoms. The van der Waals surface area contributed by atoms with Crippen molar-refractivity contribution in [2.24, 2.45) is 5.73 Å². The van der Waals surface area contributed by atoms with Gasteiger partial charge in [-0.1, -0.05) is 39.3 Å². The molecule has 2 nitrogen and oxygen atoms in total. The van der Waals surface area contributed by atoms with Gasteiger partial charge in [-0.25, -0.2) is 4.39 Å².